The van der Waals surface area contributed by atoms with Crippen LogP contribution in [0, 0.1) is 0 Å². The highest BCUT2D eigenvalue weighted by atomic mass is 16.3. The molecule has 1 atom stereocenters. The highest BCUT2D eigenvalue weighted by Gasteiger charge is 2.26. The zero-order chi connectivity index (χ0) is 15.4. The lowest BCUT2D eigenvalue weighted by Gasteiger charge is -2.25. The summed E-state index contributed by atoms with van der Waals surface area (Å²) in [5.41, 5.74) is 0. The lowest BCUT2D eigenvalue weighted by Crippen LogP contribution is -2.27. The Balaban J connectivity index is 1.92. The second kappa shape index (κ2) is 7.09. The third-order valence-corrected chi connectivity index (χ3v) is 4.48. The maximum absolute atomic E-state index is 5.48. The number of likely N-dealkylation sites (tertiary alicyclic amines) is 1. The monoisotopic (exact) mass is 302 g/mol. The molecule has 1 aliphatic heterocycles. The van der Waals surface area contributed by atoms with E-state index in [0.29, 0.717) is 11.9 Å². The van der Waals surface area contributed by atoms with Crippen molar-refractivity contribution in [3.63, 3.8) is 0 Å². The molecule has 3 heterocycles. The number of nitrogens with zero attached hydrogens (tertiary/aromatic N) is 4. The van der Waals surface area contributed by atoms with Crippen LogP contribution < -0.4 is 0 Å². The maximum Gasteiger partial charge on any atom is 0.217 e. The van der Waals surface area contributed by atoms with Crippen molar-refractivity contribution in [1.29, 1.82) is 0 Å². The van der Waals surface area contributed by atoms with Crippen molar-refractivity contribution in [2.45, 2.75) is 58.0 Å². The fourth-order valence-corrected chi connectivity index (χ4v) is 3.16. The molecule has 0 N–H and O–H groups in total. The van der Waals surface area contributed by atoms with Gasteiger partial charge in [-0.05, 0) is 45.0 Å². The van der Waals surface area contributed by atoms with Gasteiger partial charge in [0.25, 0.3) is 0 Å². The lowest BCUT2D eigenvalue weighted by atomic mass is 10.1. The molecular weight excluding hydrogens is 276 g/mol. The molecule has 5 nitrogen and oxygen atoms in total. The van der Waals surface area contributed by atoms with E-state index in [9.17, 15) is 0 Å². The zero-order valence-electron chi connectivity index (χ0n) is 13.7. The van der Waals surface area contributed by atoms with Crippen LogP contribution in [0.25, 0.3) is 11.6 Å². The summed E-state index contributed by atoms with van der Waals surface area (Å²) in [7, 11) is 2.21. The van der Waals surface area contributed by atoms with Crippen LogP contribution in [0.15, 0.2) is 22.8 Å². The zero-order valence-corrected chi connectivity index (χ0v) is 13.7. The second-order valence-electron chi connectivity index (χ2n) is 6.19. The molecule has 1 unspecified atom stereocenters. The summed E-state index contributed by atoms with van der Waals surface area (Å²) in [6.07, 6.45) is 9.00. The van der Waals surface area contributed by atoms with E-state index >= 15 is 0 Å². The minimum atomic E-state index is 0.371. The standard InChI is InChI=1S/C17H26N4O/c1-3-4-12-21-17(14-9-6-5-7-11-20(14)2)18-16(19-21)15-10-8-13-22-15/h8,10,13-14H,3-7,9,11-12H2,1-2H3. The number of rotatable bonds is 5. The van der Waals surface area contributed by atoms with Crippen LogP contribution in [0.1, 0.15) is 57.3 Å². The Morgan fingerprint density at radius 3 is 3.00 bits per heavy atom. The Labute approximate surface area is 132 Å². The Morgan fingerprint density at radius 2 is 2.23 bits per heavy atom. The number of furan rings is 1. The number of aromatic nitrogens is 3. The second-order valence-corrected chi connectivity index (χ2v) is 6.19. The smallest absolute Gasteiger partial charge is 0.217 e. The Bertz CT molecular complexity index is 576. The van der Waals surface area contributed by atoms with Crippen LogP contribution in [0.4, 0.5) is 0 Å². The molecule has 3 rings (SSSR count). The number of hydrogen-bond donors (Lipinski definition) is 0. The van der Waals surface area contributed by atoms with Gasteiger partial charge in [-0.15, -0.1) is 5.10 Å². The van der Waals surface area contributed by atoms with Crippen LogP contribution >= 0.6 is 0 Å². The summed E-state index contributed by atoms with van der Waals surface area (Å²) in [6.45, 7) is 4.28. The van der Waals surface area contributed by atoms with Gasteiger partial charge in [-0.1, -0.05) is 26.2 Å². The highest BCUT2D eigenvalue weighted by Crippen LogP contribution is 2.29. The van der Waals surface area contributed by atoms with Crippen molar-refractivity contribution in [1.82, 2.24) is 19.7 Å². The summed E-state index contributed by atoms with van der Waals surface area (Å²) in [5, 5.41) is 4.72. The molecule has 0 amide bonds. The number of aryl methyl sites for hydroxylation is 1. The summed E-state index contributed by atoms with van der Waals surface area (Å²) < 4.78 is 7.58. The first-order valence-electron chi connectivity index (χ1n) is 8.48. The van der Waals surface area contributed by atoms with E-state index in [0.717, 1.165) is 37.5 Å². The van der Waals surface area contributed by atoms with E-state index in [1.54, 1.807) is 6.26 Å². The predicted octanol–water partition coefficient (Wildman–Crippen LogP) is 3.89. The number of unbranched alkanes of at least 4 members (excludes halogenated alkanes) is 1. The maximum atomic E-state index is 5.48. The van der Waals surface area contributed by atoms with Crippen LogP contribution in [0.2, 0.25) is 0 Å². The molecule has 1 aliphatic rings. The van der Waals surface area contributed by atoms with Gasteiger partial charge in [-0.25, -0.2) is 9.67 Å². The fraction of sp³-hybridized carbons (Fsp3) is 0.647. The molecule has 0 bridgehead atoms. The normalized spacial score (nSPS) is 20.2. The van der Waals surface area contributed by atoms with Crippen LogP contribution in [0.5, 0.6) is 0 Å². The van der Waals surface area contributed by atoms with Crippen molar-refractivity contribution in [2.24, 2.45) is 0 Å². The largest absolute Gasteiger partial charge is 0.461 e. The molecular formula is C17H26N4O. The van der Waals surface area contributed by atoms with Gasteiger partial charge in [0.2, 0.25) is 5.82 Å². The van der Waals surface area contributed by atoms with Gasteiger partial charge in [-0.3, -0.25) is 4.90 Å². The molecule has 0 radical (unpaired) electrons. The van der Waals surface area contributed by atoms with Crippen molar-refractivity contribution < 1.29 is 4.42 Å². The molecule has 1 saturated heterocycles. The first kappa shape index (κ1) is 15.3. The van der Waals surface area contributed by atoms with Gasteiger partial charge >= 0.3 is 0 Å². The van der Waals surface area contributed by atoms with E-state index in [-0.39, 0.29) is 0 Å². The van der Waals surface area contributed by atoms with Crippen molar-refractivity contribution in [3.05, 3.63) is 24.2 Å². The average Bonchev–Trinajstić information content (AvgIpc) is 3.13. The topological polar surface area (TPSA) is 47.1 Å². The van der Waals surface area contributed by atoms with Gasteiger partial charge in [0, 0.05) is 6.54 Å². The third kappa shape index (κ3) is 3.24. The Kier molecular flexibility index (Phi) is 4.93. The highest BCUT2D eigenvalue weighted by molar-refractivity contribution is 5.45. The Hall–Kier alpha value is -1.62. The van der Waals surface area contributed by atoms with Crippen molar-refractivity contribution >= 4 is 0 Å². The summed E-state index contributed by atoms with van der Waals surface area (Å²) >= 11 is 0. The quantitative estimate of drug-likeness (QED) is 0.841. The molecule has 0 aliphatic carbocycles. The molecule has 22 heavy (non-hydrogen) atoms. The van der Waals surface area contributed by atoms with Gasteiger partial charge in [-0.2, -0.15) is 0 Å². The minimum absolute atomic E-state index is 0.371. The SMILES string of the molecule is CCCCn1nc(-c2ccco2)nc1C1CCCCCN1C. The van der Waals surface area contributed by atoms with Crippen molar-refractivity contribution in [2.75, 3.05) is 13.6 Å². The van der Waals surface area contributed by atoms with E-state index in [2.05, 4.69) is 23.6 Å². The lowest BCUT2D eigenvalue weighted by molar-refractivity contribution is 0.232. The van der Waals surface area contributed by atoms with E-state index in [4.69, 9.17) is 14.5 Å². The molecule has 2 aromatic heterocycles. The predicted molar refractivity (Wildman–Crippen MR) is 86.5 cm³/mol. The van der Waals surface area contributed by atoms with E-state index in [1.807, 2.05) is 12.1 Å². The van der Waals surface area contributed by atoms with E-state index in [1.165, 1.54) is 25.7 Å². The van der Waals surface area contributed by atoms with Crippen LogP contribution in [0.3, 0.4) is 0 Å². The van der Waals surface area contributed by atoms with Gasteiger partial charge in [0.15, 0.2) is 5.76 Å². The molecule has 0 saturated carbocycles. The molecule has 0 spiro atoms. The molecule has 0 aromatic carbocycles. The molecule has 5 heteroatoms. The molecule has 2 aromatic rings. The molecule has 1 fully saturated rings. The minimum Gasteiger partial charge on any atom is -0.461 e. The number of hydrogen-bond acceptors (Lipinski definition) is 4. The fourth-order valence-electron chi connectivity index (χ4n) is 3.16. The average molecular weight is 302 g/mol. The summed E-state index contributed by atoms with van der Waals surface area (Å²) in [6, 6.07) is 4.19. The summed E-state index contributed by atoms with van der Waals surface area (Å²) in [4.78, 5) is 7.27. The van der Waals surface area contributed by atoms with Crippen molar-refractivity contribution in [3.8, 4) is 11.6 Å². The van der Waals surface area contributed by atoms with Gasteiger partial charge < -0.3 is 4.42 Å². The van der Waals surface area contributed by atoms with Gasteiger partial charge in [0.05, 0.1) is 12.3 Å². The van der Waals surface area contributed by atoms with Crippen LogP contribution in [-0.2, 0) is 6.54 Å². The first-order chi connectivity index (χ1) is 10.8. The molecule has 120 valence electrons. The van der Waals surface area contributed by atoms with Gasteiger partial charge in [0.1, 0.15) is 5.82 Å². The van der Waals surface area contributed by atoms with E-state index < -0.39 is 0 Å². The third-order valence-electron chi connectivity index (χ3n) is 4.48. The Morgan fingerprint density at radius 1 is 1.32 bits per heavy atom. The first-order valence-corrected chi connectivity index (χ1v) is 8.48. The summed E-state index contributed by atoms with van der Waals surface area (Å²) in [5.74, 6) is 2.57. The van der Waals surface area contributed by atoms with Crippen LogP contribution in [-0.4, -0.2) is 33.3 Å².